The van der Waals surface area contributed by atoms with E-state index in [0.29, 0.717) is 10.8 Å². The molecule has 0 saturated heterocycles. The molecule has 6 heteroatoms. The van der Waals surface area contributed by atoms with Gasteiger partial charge in [-0.25, -0.2) is 0 Å². The highest BCUT2D eigenvalue weighted by Gasteiger charge is 2.14. The Labute approximate surface area is 96.8 Å². The van der Waals surface area contributed by atoms with Crippen molar-refractivity contribution < 1.29 is 9.63 Å². The van der Waals surface area contributed by atoms with Crippen LogP contribution < -0.4 is 5.73 Å². The Hall–Kier alpha value is -1.43. The van der Waals surface area contributed by atoms with Gasteiger partial charge in [-0.05, 0) is 12.1 Å². The maximum Gasteiger partial charge on any atom is 0.246 e. The number of aromatic nitrogens is 2. The van der Waals surface area contributed by atoms with Crippen LogP contribution in [0.5, 0.6) is 0 Å². The van der Waals surface area contributed by atoms with Crippen LogP contribution in [0.25, 0.3) is 11.4 Å². The van der Waals surface area contributed by atoms with Gasteiger partial charge in [0.15, 0.2) is 0 Å². The van der Waals surface area contributed by atoms with Crippen LogP contribution in [-0.4, -0.2) is 21.9 Å². The van der Waals surface area contributed by atoms with E-state index in [2.05, 4.69) is 10.1 Å². The molecule has 0 spiro atoms. The summed E-state index contributed by atoms with van der Waals surface area (Å²) in [4.78, 5) is 4.07. The van der Waals surface area contributed by atoms with Gasteiger partial charge in [-0.3, -0.25) is 0 Å². The van der Waals surface area contributed by atoms with E-state index in [-0.39, 0.29) is 12.5 Å². The molecule has 0 radical (unpaired) electrons. The highest BCUT2D eigenvalue weighted by molar-refractivity contribution is 6.30. The number of aliphatic hydroxyl groups is 1. The third-order valence-electron chi connectivity index (χ3n) is 2.04. The Kier molecular flexibility index (Phi) is 3.19. The molecule has 1 atom stereocenters. The lowest BCUT2D eigenvalue weighted by atomic mass is 10.2. The van der Waals surface area contributed by atoms with Crippen molar-refractivity contribution in [2.45, 2.75) is 6.04 Å². The minimum atomic E-state index is -0.652. The van der Waals surface area contributed by atoms with E-state index in [0.717, 1.165) is 5.56 Å². The van der Waals surface area contributed by atoms with Crippen molar-refractivity contribution in [2.24, 2.45) is 5.73 Å². The number of aliphatic hydroxyl groups excluding tert-OH is 1. The van der Waals surface area contributed by atoms with Crippen molar-refractivity contribution in [2.75, 3.05) is 6.61 Å². The predicted octanol–water partition coefficient (Wildman–Crippen LogP) is 1.38. The van der Waals surface area contributed by atoms with Crippen LogP contribution in [0.1, 0.15) is 11.9 Å². The summed E-state index contributed by atoms with van der Waals surface area (Å²) in [5, 5.41) is 13.2. The summed E-state index contributed by atoms with van der Waals surface area (Å²) >= 11 is 5.84. The van der Waals surface area contributed by atoms with Crippen molar-refractivity contribution in [3.8, 4) is 11.4 Å². The van der Waals surface area contributed by atoms with Gasteiger partial charge in [0.25, 0.3) is 0 Å². The fraction of sp³-hybridized carbons (Fsp3) is 0.200. The first-order valence-corrected chi connectivity index (χ1v) is 5.04. The van der Waals surface area contributed by atoms with Gasteiger partial charge in [-0.15, -0.1) is 0 Å². The average molecular weight is 240 g/mol. The van der Waals surface area contributed by atoms with E-state index < -0.39 is 6.04 Å². The molecule has 2 rings (SSSR count). The summed E-state index contributed by atoms with van der Waals surface area (Å²) < 4.78 is 4.92. The molecule has 1 aromatic carbocycles. The zero-order valence-electron chi connectivity index (χ0n) is 8.30. The molecule has 0 unspecified atom stereocenters. The van der Waals surface area contributed by atoms with Crippen LogP contribution in [0.2, 0.25) is 5.02 Å². The maximum absolute atomic E-state index is 8.84. The highest BCUT2D eigenvalue weighted by atomic mass is 35.5. The molecule has 0 saturated carbocycles. The lowest BCUT2D eigenvalue weighted by Crippen LogP contribution is -2.14. The predicted molar refractivity (Wildman–Crippen MR) is 58.8 cm³/mol. The van der Waals surface area contributed by atoms with Gasteiger partial charge in [0.2, 0.25) is 11.7 Å². The quantitative estimate of drug-likeness (QED) is 0.845. The fourth-order valence-electron chi connectivity index (χ4n) is 1.21. The second kappa shape index (κ2) is 4.61. The third kappa shape index (κ3) is 2.21. The van der Waals surface area contributed by atoms with Gasteiger partial charge in [-0.1, -0.05) is 28.9 Å². The molecule has 0 aliphatic rings. The molecule has 0 amide bonds. The minimum Gasteiger partial charge on any atom is -0.394 e. The monoisotopic (exact) mass is 239 g/mol. The largest absolute Gasteiger partial charge is 0.394 e. The topological polar surface area (TPSA) is 85.2 Å². The summed E-state index contributed by atoms with van der Waals surface area (Å²) in [5.74, 6) is 0.610. The molecule has 84 valence electrons. The van der Waals surface area contributed by atoms with Crippen LogP contribution in [0.3, 0.4) is 0 Å². The van der Waals surface area contributed by atoms with Crippen LogP contribution >= 0.6 is 11.6 Å². The Bertz CT molecular complexity index is 486. The average Bonchev–Trinajstić information content (AvgIpc) is 2.77. The van der Waals surface area contributed by atoms with Crippen molar-refractivity contribution in [1.82, 2.24) is 10.1 Å². The molecule has 16 heavy (non-hydrogen) atoms. The van der Waals surface area contributed by atoms with Gasteiger partial charge in [0.1, 0.15) is 6.04 Å². The summed E-state index contributed by atoms with van der Waals surface area (Å²) in [6.45, 7) is -0.239. The van der Waals surface area contributed by atoms with E-state index in [1.54, 1.807) is 18.2 Å². The lowest BCUT2D eigenvalue weighted by molar-refractivity contribution is 0.237. The first kappa shape index (κ1) is 11.1. The summed E-state index contributed by atoms with van der Waals surface area (Å²) in [7, 11) is 0. The Morgan fingerprint density at radius 1 is 1.50 bits per heavy atom. The molecule has 1 aromatic heterocycles. The molecule has 3 N–H and O–H groups in total. The number of hydrogen-bond donors (Lipinski definition) is 2. The molecule has 0 aliphatic heterocycles. The number of halogens is 1. The highest BCUT2D eigenvalue weighted by Crippen LogP contribution is 2.20. The first-order valence-electron chi connectivity index (χ1n) is 4.66. The van der Waals surface area contributed by atoms with Gasteiger partial charge in [0.05, 0.1) is 6.61 Å². The first-order chi connectivity index (χ1) is 7.70. The van der Waals surface area contributed by atoms with Crippen LogP contribution in [-0.2, 0) is 0 Å². The van der Waals surface area contributed by atoms with E-state index in [1.165, 1.54) is 0 Å². The molecule has 5 nitrogen and oxygen atoms in total. The number of benzene rings is 1. The van der Waals surface area contributed by atoms with Crippen LogP contribution in [0.4, 0.5) is 0 Å². The number of nitrogens with zero attached hydrogens (tertiary/aromatic N) is 2. The Morgan fingerprint density at radius 2 is 2.31 bits per heavy atom. The van der Waals surface area contributed by atoms with Gasteiger partial charge in [-0.2, -0.15) is 4.98 Å². The maximum atomic E-state index is 8.84. The lowest BCUT2D eigenvalue weighted by Gasteiger charge is -1.98. The van der Waals surface area contributed by atoms with E-state index in [1.807, 2.05) is 6.07 Å². The van der Waals surface area contributed by atoms with Gasteiger partial charge < -0.3 is 15.4 Å². The number of rotatable bonds is 3. The molecule has 2 aromatic rings. The standard InChI is InChI=1S/C10H10ClN3O2/c11-7-3-1-2-6(4-7)9-13-10(16-14-9)8(12)5-15/h1-4,8,15H,5,12H2/t8-/m1/s1. The number of hydrogen-bond acceptors (Lipinski definition) is 5. The minimum absolute atomic E-state index is 0.206. The summed E-state index contributed by atoms with van der Waals surface area (Å²) in [6, 6.07) is 6.43. The zero-order chi connectivity index (χ0) is 11.5. The van der Waals surface area contributed by atoms with Crippen LogP contribution in [0.15, 0.2) is 28.8 Å². The molecular weight excluding hydrogens is 230 g/mol. The Morgan fingerprint density at radius 3 is 3.00 bits per heavy atom. The van der Waals surface area contributed by atoms with Crippen molar-refractivity contribution in [3.63, 3.8) is 0 Å². The second-order valence-electron chi connectivity index (χ2n) is 3.26. The van der Waals surface area contributed by atoms with E-state index in [9.17, 15) is 0 Å². The molecule has 0 bridgehead atoms. The van der Waals surface area contributed by atoms with Crippen molar-refractivity contribution >= 4 is 11.6 Å². The molecule has 0 fully saturated rings. The van der Waals surface area contributed by atoms with Gasteiger partial charge in [0, 0.05) is 10.6 Å². The second-order valence-corrected chi connectivity index (χ2v) is 3.69. The molecular formula is C10H10ClN3O2. The van der Waals surface area contributed by atoms with Crippen molar-refractivity contribution in [1.29, 1.82) is 0 Å². The van der Waals surface area contributed by atoms with E-state index >= 15 is 0 Å². The van der Waals surface area contributed by atoms with E-state index in [4.69, 9.17) is 27.0 Å². The Balaban J connectivity index is 2.31. The smallest absolute Gasteiger partial charge is 0.246 e. The molecule has 1 heterocycles. The summed E-state index contributed by atoms with van der Waals surface area (Å²) in [5.41, 5.74) is 6.29. The van der Waals surface area contributed by atoms with Gasteiger partial charge >= 0.3 is 0 Å². The molecule has 0 aliphatic carbocycles. The fourth-order valence-corrected chi connectivity index (χ4v) is 1.40. The zero-order valence-corrected chi connectivity index (χ0v) is 9.05. The summed E-state index contributed by atoms with van der Waals surface area (Å²) in [6.07, 6.45) is 0. The normalized spacial score (nSPS) is 12.7. The number of nitrogens with two attached hydrogens (primary N) is 1. The SMILES string of the molecule is N[C@H](CO)c1nc(-c2cccc(Cl)c2)no1. The third-order valence-corrected chi connectivity index (χ3v) is 2.27. The van der Waals surface area contributed by atoms with Crippen molar-refractivity contribution in [3.05, 3.63) is 35.2 Å². The van der Waals surface area contributed by atoms with Crippen LogP contribution in [0, 0.1) is 0 Å².